The van der Waals surface area contributed by atoms with Gasteiger partial charge in [-0.15, -0.1) is 11.8 Å². The lowest BCUT2D eigenvalue weighted by molar-refractivity contribution is 0.482. The van der Waals surface area contributed by atoms with Crippen LogP contribution in [0.5, 0.6) is 0 Å². The molecule has 1 N–H and O–H groups in total. The third-order valence-corrected chi connectivity index (χ3v) is 4.28. The summed E-state index contributed by atoms with van der Waals surface area (Å²) < 4.78 is 0. The van der Waals surface area contributed by atoms with Crippen molar-refractivity contribution in [3.05, 3.63) is 24.3 Å². The SMILES string of the molecule is CCC1(C)NC2C=CC=CC2S1. The molecule has 0 spiro atoms. The summed E-state index contributed by atoms with van der Waals surface area (Å²) in [4.78, 5) is 0.286. The monoisotopic (exact) mass is 181 g/mol. The Balaban J connectivity index is 2.14. The first-order valence-electron chi connectivity index (χ1n) is 4.54. The quantitative estimate of drug-likeness (QED) is 0.666. The molecule has 12 heavy (non-hydrogen) atoms. The number of fused-ring (bicyclic) bond motifs is 1. The molecule has 3 unspecified atom stereocenters. The van der Waals surface area contributed by atoms with Crippen LogP contribution in [0.3, 0.4) is 0 Å². The first kappa shape index (κ1) is 8.39. The maximum atomic E-state index is 3.64. The molecule has 1 heterocycles. The van der Waals surface area contributed by atoms with Crippen LogP contribution in [0.2, 0.25) is 0 Å². The van der Waals surface area contributed by atoms with Gasteiger partial charge in [-0.2, -0.15) is 0 Å². The van der Waals surface area contributed by atoms with E-state index in [1.807, 2.05) is 11.8 Å². The van der Waals surface area contributed by atoms with Crippen molar-refractivity contribution in [3.63, 3.8) is 0 Å². The van der Waals surface area contributed by atoms with Crippen LogP contribution >= 0.6 is 11.8 Å². The van der Waals surface area contributed by atoms with Crippen LogP contribution in [0.15, 0.2) is 24.3 Å². The van der Waals surface area contributed by atoms with Crippen LogP contribution in [0.4, 0.5) is 0 Å². The lowest BCUT2D eigenvalue weighted by Gasteiger charge is -2.21. The van der Waals surface area contributed by atoms with Crippen LogP contribution < -0.4 is 5.32 Å². The molecule has 0 saturated carbocycles. The fraction of sp³-hybridized carbons (Fsp3) is 0.600. The second-order valence-corrected chi connectivity index (χ2v) is 5.29. The number of hydrogen-bond donors (Lipinski definition) is 1. The van der Waals surface area contributed by atoms with Crippen molar-refractivity contribution < 1.29 is 0 Å². The third-order valence-electron chi connectivity index (χ3n) is 2.63. The molecule has 1 saturated heterocycles. The van der Waals surface area contributed by atoms with E-state index in [0.717, 1.165) is 0 Å². The van der Waals surface area contributed by atoms with Gasteiger partial charge in [0.25, 0.3) is 0 Å². The fourth-order valence-electron chi connectivity index (χ4n) is 1.70. The zero-order chi connectivity index (χ0) is 8.60. The van der Waals surface area contributed by atoms with Gasteiger partial charge in [0.05, 0.1) is 4.87 Å². The van der Waals surface area contributed by atoms with Crippen molar-refractivity contribution >= 4 is 11.8 Å². The van der Waals surface area contributed by atoms with Crippen molar-refractivity contribution in [2.75, 3.05) is 0 Å². The zero-order valence-electron chi connectivity index (χ0n) is 7.58. The zero-order valence-corrected chi connectivity index (χ0v) is 8.40. The first-order chi connectivity index (χ1) is 5.73. The van der Waals surface area contributed by atoms with E-state index in [-0.39, 0.29) is 4.87 Å². The Morgan fingerprint density at radius 2 is 2.17 bits per heavy atom. The summed E-state index contributed by atoms with van der Waals surface area (Å²) in [6.45, 7) is 4.53. The molecule has 3 atom stereocenters. The highest BCUT2D eigenvalue weighted by molar-refractivity contribution is 8.01. The van der Waals surface area contributed by atoms with Gasteiger partial charge in [0, 0.05) is 11.3 Å². The Morgan fingerprint density at radius 1 is 1.42 bits per heavy atom. The first-order valence-corrected chi connectivity index (χ1v) is 5.42. The van der Waals surface area contributed by atoms with E-state index < -0.39 is 0 Å². The molecule has 0 aromatic rings. The van der Waals surface area contributed by atoms with Gasteiger partial charge >= 0.3 is 0 Å². The summed E-state index contributed by atoms with van der Waals surface area (Å²) in [5.41, 5.74) is 0. The topological polar surface area (TPSA) is 12.0 Å². The minimum absolute atomic E-state index is 0.286. The Kier molecular flexibility index (Phi) is 2.05. The molecule has 0 amide bonds. The van der Waals surface area contributed by atoms with E-state index in [9.17, 15) is 0 Å². The fourth-order valence-corrected chi connectivity index (χ4v) is 3.15. The van der Waals surface area contributed by atoms with E-state index in [2.05, 4.69) is 43.5 Å². The van der Waals surface area contributed by atoms with E-state index in [1.54, 1.807) is 0 Å². The van der Waals surface area contributed by atoms with E-state index >= 15 is 0 Å². The van der Waals surface area contributed by atoms with Gasteiger partial charge in [-0.1, -0.05) is 31.2 Å². The smallest absolute Gasteiger partial charge is 0.0625 e. The average Bonchev–Trinajstić information content (AvgIpc) is 2.42. The molecule has 2 aliphatic rings. The molecule has 1 fully saturated rings. The highest BCUT2D eigenvalue weighted by atomic mass is 32.2. The minimum Gasteiger partial charge on any atom is -0.295 e. The van der Waals surface area contributed by atoms with Gasteiger partial charge in [-0.3, -0.25) is 5.32 Å². The van der Waals surface area contributed by atoms with E-state index in [0.29, 0.717) is 11.3 Å². The van der Waals surface area contributed by atoms with Crippen LogP contribution in [-0.4, -0.2) is 16.2 Å². The molecule has 1 aliphatic heterocycles. The van der Waals surface area contributed by atoms with Crippen molar-refractivity contribution in [2.45, 2.75) is 36.4 Å². The van der Waals surface area contributed by atoms with Crippen molar-refractivity contribution in [2.24, 2.45) is 0 Å². The maximum Gasteiger partial charge on any atom is 0.0625 e. The van der Waals surface area contributed by atoms with Crippen LogP contribution in [-0.2, 0) is 0 Å². The van der Waals surface area contributed by atoms with E-state index in [1.165, 1.54) is 6.42 Å². The van der Waals surface area contributed by atoms with Crippen LogP contribution in [0.1, 0.15) is 20.3 Å². The molecular weight excluding hydrogens is 166 g/mol. The summed E-state index contributed by atoms with van der Waals surface area (Å²) >= 11 is 2.05. The number of nitrogens with one attached hydrogen (secondary N) is 1. The molecule has 0 aromatic heterocycles. The summed E-state index contributed by atoms with van der Waals surface area (Å²) in [7, 11) is 0. The Morgan fingerprint density at radius 3 is 2.83 bits per heavy atom. The Bertz CT molecular complexity index is 212. The predicted molar refractivity (Wildman–Crippen MR) is 55.3 cm³/mol. The van der Waals surface area contributed by atoms with Crippen molar-refractivity contribution in [1.29, 1.82) is 0 Å². The van der Waals surface area contributed by atoms with Crippen LogP contribution in [0, 0.1) is 0 Å². The summed E-state index contributed by atoms with van der Waals surface area (Å²) in [5, 5.41) is 4.30. The van der Waals surface area contributed by atoms with Gasteiger partial charge in [0.2, 0.25) is 0 Å². The maximum absolute atomic E-state index is 3.64. The number of rotatable bonds is 1. The molecule has 1 aliphatic carbocycles. The van der Waals surface area contributed by atoms with E-state index in [4.69, 9.17) is 0 Å². The largest absolute Gasteiger partial charge is 0.295 e. The molecular formula is C10H15NS. The molecule has 2 heteroatoms. The number of allylic oxidation sites excluding steroid dienone is 2. The van der Waals surface area contributed by atoms with Gasteiger partial charge in [-0.25, -0.2) is 0 Å². The normalized spacial score (nSPS) is 44.8. The standard InChI is InChI=1S/C10H15NS/c1-3-10(2)11-8-6-4-5-7-9(8)12-10/h4-9,11H,3H2,1-2H3. The predicted octanol–water partition coefficient (Wildman–Crippen LogP) is 2.31. The van der Waals surface area contributed by atoms with Gasteiger partial charge in [0.1, 0.15) is 0 Å². The third kappa shape index (κ3) is 1.34. The average molecular weight is 181 g/mol. The van der Waals surface area contributed by atoms with Crippen molar-refractivity contribution in [3.8, 4) is 0 Å². The minimum atomic E-state index is 0.286. The summed E-state index contributed by atoms with van der Waals surface area (Å²) in [6.07, 6.45) is 10.0. The second-order valence-electron chi connectivity index (χ2n) is 3.61. The molecule has 0 bridgehead atoms. The lowest BCUT2D eigenvalue weighted by Crippen LogP contribution is -2.38. The highest BCUT2D eigenvalue weighted by Crippen LogP contribution is 2.40. The Labute approximate surface area is 78.3 Å². The second kappa shape index (κ2) is 2.93. The lowest BCUT2D eigenvalue weighted by atomic mass is 10.1. The molecule has 2 rings (SSSR count). The summed E-state index contributed by atoms with van der Waals surface area (Å²) in [6, 6.07) is 0.560. The van der Waals surface area contributed by atoms with Crippen LogP contribution in [0.25, 0.3) is 0 Å². The Hall–Kier alpha value is -0.210. The van der Waals surface area contributed by atoms with Gasteiger partial charge in [-0.05, 0) is 13.3 Å². The molecule has 66 valence electrons. The van der Waals surface area contributed by atoms with Gasteiger partial charge in [0.15, 0.2) is 0 Å². The number of hydrogen-bond acceptors (Lipinski definition) is 2. The highest BCUT2D eigenvalue weighted by Gasteiger charge is 2.39. The molecule has 1 nitrogen and oxygen atoms in total. The summed E-state index contributed by atoms with van der Waals surface area (Å²) in [5.74, 6) is 0. The number of thioether (sulfide) groups is 1. The van der Waals surface area contributed by atoms with Crippen molar-refractivity contribution in [1.82, 2.24) is 5.32 Å². The molecule has 0 radical (unpaired) electrons. The van der Waals surface area contributed by atoms with Gasteiger partial charge < -0.3 is 0 Å². The molecule has 0 aromatic carbocycles.